The largest absolute Gasteiger partial charge is 0.423 e. The Labute approximate surface area is 125 Å². The fraction of sp³-hybridized carbons (Fsp3) is 0.500. The third kappa shape index (κ3) is 3.08. The molecule has 1 aromatic carbocycles. The maximum absolute atomic E-state index is 5.27. The molecule has 1 aliphatic heterocycles. The third-order valence-corrected chi connectivity index (χ3v) is 4.15. The number of likely N-dealkylation sites (tertiary alicyclic amines) is 1. The second-order valence-corrected chi connectivity index (χ2v) is 5.99. The van der Waals surface area contributed by atoms with Crippen molar-refractivity contribution < 1.29 is 4.42 Å². The number of nitrogens with zero attached hydrogens (tertiary/aromatic N) is 3. The Morgan fingerprint density at radius 3 is 2.90 bits per heavy atom. The summed E-state index contributed by atoms with van der Waals surface area (Å²) in [7, 11) is 0. The SMILES string of the molecule is Cc1ccc(-c2nnco2)cc1NC1CCN(C(C)C)C1. The smallest absolute Gasteiger partial charge is 0.247 e. The van der Waals surface area contributed by atoms with E-state index in [9.17, 15) is 0 Å². The van der Waals surface area contributed by atoms with Gasteiger partial charge in [-0.15, -0.1) is 10.2 Å². The zero-order valence-corrected chi connectivity index (χ0v) is 12.8. The lowest BCUT2D eigenvalue weighted by atomic mass is 10.1. The van der Waals surface area contributed by atoms with E-state index in [-0.39, 0.29) is 0 Å². The zero-order valence-electron chi connectivity index (χ0n) is 12.8. The molecule has 1 aliphatic rings. The lowest BCUT2D eigenvalue weighted by Crippen LogP contribution is -2.31. The van der Waals surface area contributed by atoms with Crippen LogP contribution in [0.1, 0.15) is 25.8 Å². The summed E-state index contributed by atoms with van der Waals surface area (Å²) in [6.45, 7) is 8.89. The van der Waals surface area contributed by atoms with E-state index in [1.54, 1.807) is 0 Å². The van der Waals surface area contributed by atoms with Crippen molar-refractivity contribution in [1.29, 1.82) is 0 Å². The first-order valence-electron chi connectivity index (χ1n) is 7.51. The fourth-order valence-electron chi connectivity index (χ4n) is 2.80. The van der Waals surface area contributed by atoms with Crippen LogP contribution >= 0.6 is 0 Å². The number of benzene rings is 1. The molecule has 3 rings (SSSR count). The predicted octanol–water partition coefficient (Wildman–Crippen LogP) is 2.94. The molecule has 1 fully saturated rings. The van der Waals surface area contributed by atoms with Crippen molar-refractivity contribution in [2.75, 3.05) is 18.4 Å². The molecule has 1 aromatic heterocycles. The van der Waals surface area contributed by atoms with Gasteiger partial charge < -0.3 is 9.73 Å². The van der Waals surface area contributed by atoms with Crippen LogP contribution < -0.4 is 5.32 Å². The van der Waals surface area contributed by atoms with Gasteiger partial charge in [0.2, 0.25) is 12.3 Å². The number of aromatic nitrogens is 2. The standard InChI is InChI=1S/C16H22N4O/c1-11(2)20-7-6-14(9-20)18-15-8-13(5-4-12(15)3)16-19-17-10-21-16/h4-5,8,10-11,14,18H,6-7,9H2,1-3H3. The molecule has 0 bridgehead atoms. The lowest BCUT2D eigenvalue weighted by molar-refractivity contribution is 0.274. The van der Waals surface area contributed by atoms with Gasteiger partial charge in [0, 0.05) is 36.4 Å². The highest BCUT2D eigenvalue weighted by atomic mass is 16.4. The average Bonchev–Trinajstić information content (AvgIpc) is 3.12. The third-order valence-electron chi connectivity index (χ3n) is 4.15. The quantitative estimate of drug-likeness (QED) is 0.936. The van der Waals surface area contributed by atoms with E-state index in [1.807, 2.05) is 6.07 Å². The average molecular weight is 286 g/mol. The van der Waals surface area contributed by atoms with Gasteiger partial charge in [-0.05, 0) is 44.9 Å². The van der Waals surface area contributed by atoms with Gasteiger partial charge in [-0.1, -0.05) is 6.07 Å². The molecule has 2 aromatic rings. The molecule has 5 heteroatoms. The molecule has 1 atom stereocenters. The van der Waals surface area contributed by atoms with Crippen LogP contribution in [-0.2, 0) is 0 Å². The molecule has 5 nitrogen and oxygen atoms in total. The van der Waals surface area contributed by atoms with Crippen LogP contribution in [0.15, 0.2) is 29.0 Å². The summed E-state index contributed by atoms with van der Waals surface area (Å²) in [5, 5.41) is 11.4. The Bertz CT molecular complexity index is 594. The molecule has 2 heterocycles. The van der Waals surface area contributed by atoms with E-state index >= 15 is 0 Å². The van der Waals surface area contributed by atoms with E-state index in [1.165, 1.54) is 18.4 Å². The molecule has 0 spiro atoms. The molecule has 21 heavy (non-hydrogen) atoms. The van der Waals surface area contributed by atoms with Crippen LogP contribution in [0, 0.1) is 6.92 Å². The van der Waals surface area contributed by atoms with Crippen molar-refractivity contribution in [1.82, 2.24) is 15.1 Å². The number of hydrogen-bond acceptors (Lipinski definition) is 5. The van der Waals surface area contributed by atoms with E-state index in [2.05, 4.69) is 53.3 Å². The van der Waals surface area contributed by atoms with E-state index in [4.69, 9.17) is 4.42 Å². The molecular formula is C16H22N4O. The van der Waals surface area contributed by atoms with Crippen molar-refractivity contribution in [3.63, 3.8) is 0 Å². The van der Waals surface area contributed by atoms with Crippen LogP contribution in [0.4, 0.5) is 5.69 Å². The van der Waals surface area contributed by atoms with Crippen molar-refractivity contribution in [3.05, 3.63) is 30.2 Å². The van der Waals surface area contributed by atoms with Crippen molar-refractivity contribution in [2.24, 2.45) is 0 Å². The predicted molar refractivity (Wildman–Crippen MR) is 83.2 cm³/mol. The maximum atomic E-state index is 5.27. The van der Waals surface area contributed by atoms with Gasteiger partial charge >= 0.3 is 0 Å². The molecule has 0 amide bonds. The van der Waals surface area contributed by atoms with Crippen molar-refractivity contribution in [3.8, 4) is 11.5 Å². The number of nitrogens with one attached hydrogen (secondary N) is 1. The number of anilines is 1. The van der Waals surface area contributed by atoms with Gasteiger partial charge in [-0.3, -0.25) is 4.90 Å². The molecule has 112 valence electrons. The second-order valence-electron chi connectivity index (χ2n) is 5.99. The molecule has 0 aliphatic carbocycles. The van der Waals surface area contributed by atoms with Crippen LogP contribution in [-0.4, -0.2) is 40.3 Å². The van der Waals surface area contributed by atoms with Gasteiger partial charge in [0.05, 0.1) is 0 Å². The minimum atomic E-state index is 0.504. The maximum Gasteiger partial charge on any atom is 0.247 e. The Balaban J connectivity index is 1.75. The van der Waals surface area contributed by atoms with Crippen LogP contribution in [0.5, 0.6) is 0 Å². The Morgan fingerprint density at radius 2 is 2.24 bits per heavy atom. The number of hydrogen-bond donors (Lipinski definition) is 1. The summed E-state index contributed by atoms with van der Waals surface area (Å²) in [6.07, 6.45) is 2.54. The minimum Gasteiger partial charge on any atom is -0.423 e. The van der Waals surface area contributed by atoms with Crippen molar-refractivity contribution >= 4 is 5.69 Å². The zero-order chi connectivity index (χ0) is 14.8. The van der Waals surface area contributed by atoms with Gasteiger partial charge in [-0.2, -0.15) is 0 Å². The minimum absolute atomic E-state index is 0.504. The lowest BCUT2D eigenvalue weighted by Gasteiger charge is -2.21. The topological polar surface area (TPSA) is 54.2 Å². The molecule has 0 radical (unpaired) electrons. The van der Waals surface area contributed by atoms with Gasteiger partial charge in [-0.25, -0.2) is 0 Å². The monoisotopic (exact) mass is 286 g/mol. The summed E-state index contributed by atoms with van der Waals surface area (Å²) < 4.78 is 5.27. The van der Waals surface area contributed by atoms with Crippen LogP contribution in [0.25, 0.3) is 11.5 Å². The summed E-state index contributed by atoms with van der Waals surface area (Å²) in [4.78, 5) is 2.51. The van der Waals surface area contributed by atoms with E-state index in [0.29, 0.717) is 18.0 Å². The van der Waals surface area contributed by atoms with Gasteiger partial charge in [0.15, 0.2) is 0 Å². The Hall–Kier alpha value is -1.88. The molecule has 1 saturated heterocycles. The fourth-order valence-corrected chi connectivity index (χ4v) is 2.80. The van der Waals surface area contributed by atoms with Gasteiger partial charge in [0.1, 0.15) is 0 Å². The Kier molecular flexibility index (Phi) is 3.92. The number of aryl methyl sites for hydroxylation is 1. The van der Waals surface area contributed by atoms with Gasteiger partial charge in [0.25, 0.3) is 0 Å². The molecule has 1 N–H and O–H groups in total. The number of rotatable bonds is 4. The summed E-state index contributed by atoms with van der Waals surface area (Å²) in [5.74, 6) is 0.563. The highest BCUT2D eigenvalue weighted by molar-refractivity contribution is 5.64. The van der Waals surface area contributed by atoms with E-state index in [0.717, 1.165) is 24.3 Å². The second kappa shape index (κ2) is 5.85. The Morgan fingerprint density at radius 1 is 1.38 bits per heavy atom. The van der Waals surface area contributed by atoms with Crippen LogP contribution in [0.2, 0.25) is 0 Å². The normalized spacial score (nSPS) is 19.3. The first-order valence-corrected chi connectivity index (χ1v) is 7.51. The van der Waals surface area contributed by atoms with E-state index < -0.39 is 0 Å². The van der Waals surface area contributed by atoms with Crippen molar-refractivity contribution in [2.45, 2.75) is 39.3 Å². The molecule has 1 unspecified atom stereocenters. The summed E-state index contributed by atoms with van der Waals surface area (Å²) in [6, 6.07) is 7.33. The first kappa shape index (κ1) is 14.1. The summed E-state index contributed by atoms with van der Waals surface area (Å²) >= 11 is 0. The molecular weight excluding hydrogens is 264 g/mol. The van der Waals surface area contributed by atoms with Crippen LogP contribution in [0.3, 0.4) is 0 Å². The first-order chi connectivity index (χ1) is 10.1. The highest BCUT2D eigenvalue weighted by Gasteiger charge is 2.24. The molecule has 0 saturated carbocycles. The highest BCUT2D eigenvalue weighted by Crippen LogP contribution is 2.26. The summed E-state index contributed by atoms with van der Waals surface area (Å²) in [5.41, 5.74) is 3.35.